The SMILES string of the molecule is C=CC1=C(/C=C\C)C2c3cc(-c4ccc(-c5ccc6c(c5)c5c7ccccc7oc5n6-c5ccccc5)c5ccccc45)ccc3N(c3ccccc3)C2O1. The Bertz CT molecular complexity index is 3060. The highest BCUT2D eigenvalue weighted by molar-refractivity contribution is 6.21. The van der Waals surface area contributed by atoms with Gasteiger partial charge in [-0.1, -0.05) is 122 Å². The molecule has 4 heterocycles. The van der Waals surface area contributed by atoms with E-state index in [0.29, 0.717) is 0 Å². The minimum absolute atomic E-state index is 0.0515. The van der Waals surface area contributed by atoms with Crippen LogP contribution >= 0.6 is 0 Å². The van der Waals surface area contributed by atoms with Crippen LogP contribution in [-0.4, -0.2) is 10.8 Å². The van der Waals surface area contributed by atoms with Crippen LogP contribution in [0, 0.1) is 0 Å². The van der Waals surface area contributed by atoms with Crippen LogP contribution in [0.2, 0.25) is 0 Å². The average molecular weight is 709 g/mol. The number of hydrogen-bond donors (Lipinski definition) is 0. The van der Waals surface area contributed by atoms with Crippen LogP contribution in [0.1, 0.15) is 18.4 Å². The van der Waals surface area contributed by atoms with Crippen molar-refractivity contribution in [3.63, 3.8) is 0 Å². The van der Waals surface area contributed by atoms with Gasteiger partial charge in [-0.25, -0.2) is 0 Å². The largest absolute Gasteiger partial charge is 0.469 e. The summed E-state index contributed by atoms with van der Waals surface area (Å²) >= 11 is 0. The van der Waals surface area contributed by atoms with E-state index in [9.17, 15) is 0 Å². The van der Waals surface area contributed by atoms with Crippen molar-refractivity contribution in [1.82, 2.24) is 4.57 Å². The number of anilines is 2. The number of fused-ring (bicyclic) bond motifs is 9. The predicted octanol–water partition coefficient (Wildman–Crippen LogP) is 13.6. The van der Waals surface area contributed by atoms with Crippen molar-refractivity contribution in [1.29, 1.82) is 0 Å². The second kappa shape index (κ2) is 12.3. The molecule has 262 valence electrons. The van der Waals surface area contributed by atoms with Gasteiger partial charge in [-0.3, -0.25) is 4.57 Å². The molecule has 4 nitrogen and oxygen atoms in total. The lowest BCUT2D eigenvalue weighted by Gasteiger charge is -2.27. The number of hydrogen-bond acceptors (Lipinski definition) is 3. The van der Waals surface area contributed by atoms with Crippen molar-refractivity contribution >= 4 is 55.1 Å². The van der Waals surface area contributed by atoms with Crippen LogP contribution in [0.4, 0.5) is 11.4 Å². The van der Waals surface area contributed by atoms with E-state index in [1.807, 2.05) is 12.1 Å². The highest BCUT2D eigenvalue weighted by atomic mass is 16.5. The minimum atomic E-state index is -0.184. The van der Waals surface area contributed by atoms with Crippen molar-refractivity contribution in [2.24, 2.45) is 0 Å². The summed E-state index contributed by atoms with van der Waals surface area (Å²) in [5, 5.41) is 5.87. The number of benzene rings is 7. The van der Waals surface area contributed by atoms with Crippen molar-refractivity contribution in [2.45, 2.75) is 19.1 Å². The number of allylic oxidation sites excluding steroid dienone is 3. The Hall–Kier alpha value is -7.04. The van der Waals surface area contributed by atoms with Gasteiger partial charge in [0.1, 0.15) is 11.3 Å². The lowest BCUT2D eigenvalue weighted by Crippen LogP contribution is -2.29. The number of rotatable bonds is 6. The fourth-order valence-corrected chi connectivity index (χ4v) is 9.12. The number of furan rings is 1. The molecule has 2 unspecified atom stereocenters. The number of aromatic nitrogens is 1. The van der Waals surface area contributed by atoms with E-state index < -0.39 is 0 Å². The molecule has 2 aromatic heterocycles. The molecule has 55 heavy (non-hydrogen) atoms. The van der Waals surface area contributed by atoms with Crippen LogP contribution in [0.25, 0.3) is 71.7 Å². The Morgan fingerprint density at radius 1 is 0.618 bits per heavy atom. The maximum Gasteiger partial charge on any atom is 0.213 e. The topological polar surface area (TPSA) is 30.5 Å². The lowest BCUT2D eigenvalue weighted by molar-refractivity contribution is 0.153. The molecule has 0 amide bonds. The molecular weight excluding hydrogens is 673 g/mol. The number of para-hydroxylation sites is 3. The molecule has 2 aliphatic rings. The number of nitrogens with zero attached hydrogens (tertiary/aromatic N) is 2. The summed E-state index contributed by atoms with van der Waals surface area (Å²) in [6, 6.07) is 56.6. The standard InChI is InChI=1S/C51H36N2O2/c1-3-15-40-46(4-2)54-50-48(40)42-30-32(24-28-44(42)52(50)34-16-7-5-8-17-34)36-26-27-37(39-21-12-11-20-38(36)39)33-25-29-45-43(31-33)49-41-22-13-14-23-47(41)55-51(49)53(45)35-18-9-6-10-19-35/h3-31,48,50H,2H2,1H3/b15-3-. The van der Waals surface area contributed by atoms with Crippen LogP contribution in [0.15, 0.2) is 198 Å². The van der Waals surface area contributed by atoms with Crippen molar-refractivity contribution in [3.8, 4) is 27.9 Å². The van der Waals surface area contributed by atoms with Crippen molar-refractivity contribution in [3.05, 3.63) is 199 Å². The van der Waals surface area contributed by atoms with Crippen LogP contribution in [0.5, 0.6) is 0 Å². The average Bonchev–Trinajstić information content (AvgIpc) is 3.97. The maximum absolute atomic E-state index is 6.66. The first-order valence-corrected chi connectivity index (χ1v) is 18.9. The van der Waals surface area contributed by atoms with Gasteiger partial charge in [-0.05, 0) is 106 Å². The Balaban J connectivity index is 1.08. The molecule has 0 saturated carbocycles. The molecule has 0 N–H and O–H groups in total. The fourth-order valence-electron chi connectivity index (χ4n) is 9.12. The molecule has 7 aromatic carbocycles. The van der Waals surface area contributed by atoms with Crippen molar-refractivity contribution in [2.75, 3.05) is 4.90 Å². The molecular formula is C51H36N2O2. The highest BCUT2D eigenvalue weighted by Crippen LogP contribution is 2.55. The molecule has 0 bridgehead atoms. The van der Waals surface area contributed by atoms with E-state index in [1.54, 1.807) is 0 Å². The second-order valence-corrected chi connectivity index (χ2v) is 14.4. The normalized spacial score (nSPS) is 16.5. The zero-order valence-corrected chi connectivity index (χ0v) is 30.3. The van der Waals surface area contributed by atoms with E-state index in [4.69, 9.17) is 9.15 Å². The molecule has 2 aliphatic heterocycles. The van der Waals surface area contributed by atoms with Crippen molar-refractivity contribution < 1.29 is 9.15 Å². The Kier molecular flexibility index (Phi) is 7.02. The summed E-state index contributed by atoms with van der Waals surface area (Å²) in [7, 11) is 0. The Labute approximate surface area is 319 Å². The Morgan fingerprint density at radius 3 is 1.96 bits per heavy atom. The summed E-state index contributed by atoms with van der Waals surface area (Å²) in [6.45, 7) is 6.17. The van der Waals surface area contributed by atoms with E-state index in [1.165, 1.54) is 49.7 Å². The van der Waals surface area contributed by atoms with Gasteiger partial charge in [-0.15, -0.1) is 0 Å². The molecule has 9 aromatic rings. The molecule has 4 heteroatoms. The van der Waals surface area contributed by atoms with E-state index in [0.717, 1.165) is 50.3 Å². The third kappa shape index (κ3) is 4.64. The molecule has 0 aliphatic carbocycles. The molecule has 0 fully saturated rings. The lowest BCUT2D eigenvalue weighted by atomic mass is 9.88. The first-order chi connectivity index (χ1) is 27.2. The van der Waals surface area contributed by atoms with Gasteiger partial charge in [0, 0.05) is 33.4 Å². The van der Waals surface area contributed by atoms with Gasteiger partial charge in [0.25, 0.3) is 0 Å². The molecule has 0 radical (unpaired) electrons. The third-order valence-corrected chi connectivity index (χ3v) is 11.4. The van der Waals surface area contributed by atoms with Gasteiger partial charge < -0.3 is 14.1 Å². The highest BCUT2D eigenvalue weighted by Gasteiger charge is 2.47. The molecule has 0 saturated heterocycles. The Morgan fingerprint density at radius 2 is 1.25 bits per heavy atom. The van der Waals surface area contributed by atoms with E-state index in [-0.39, 0.29) is 12.1 Å². The summed E-state index contributed by atoms with van der Waals surface area (Å²) in [4.78, 5) is 2.34. The van der Waals surface area contributed by atoms with Gasteiger partial charge in [0.2, 0.25) is 5.71 Å². The zero-order chi connectivity index (χ0) is 36.6. The smallest absolute Gasteiger partial charge is 0.213 e. The fraction of sp³-hybridized carbons (Fsp3) is 0.0588. The molecule has 11 rings (SSSR count). The molecule has 2 atom stereocenters. The van der Waals surface area contributed by atoms with Gasteiger partial charge in [0.05, 0.1) is 16.8 Å². The summed E-state index contributed by atoms with van der Waals surface area (Å²) in [5.74, 6) is 0.896. The summed E-state index contributed by atoms with van der Waals surface area (Å²) in [6.07, 6.45) is 5.94. The molecule has 0 spiro atoms. The summed E-state index contributed by atoms with van der Waals surface area (Å²) < 4.78 is 15.5. The third-order valence-electron chi connectivity index (χ3n) is 11.4. The van der Waals surface area contributed by atoms with Gasteiger partial charge >= 0.3 is 0 Å². The van der Waals surface area contributed by atoms with Crippen LogP contribution in [-0.2, 0) is 4.74 Å². The van der Waals surface area contributed by atoms with Gasteiger partial charge in [-0.2, -0.15) is 0 Å². The van der Waals surface area contributed by atoms with Crippen LogP contribution in [0.3, 0.4) is 0 Å². The summed E-state index contributed by atoms with van der Waals surface area (Å²) in [5.41, 5.74) is 13.4. The quantitative estimate of drug-likeness (QED) is 0.172. The number of ether oxygens (including phenoxy) is 1. The van der Waals surface area contributed by atoms with Crippen LogP contribution < -0.4 is 4.90 Å². The van der Waals surface area contributed by atoms with Gasteiger partial charge in [0.15, 0.2) is 6.23 Å². The predicted molar refractivity (Wildman–Crippen MR) is 227 cm³/mol. The monoisotopic (exact) mass is 708 g/mol. The maximum atomic E-state index is 6.66. The minimum Gasteiger partial charge on any atom is -0.469 e. The second-order valence-electron chi connectivity index (χ2n) is 14.4. The first-order valence-electron chi connectivity index (χ1n) is 18.9. The zero-order valence-electron chi connectivity index (χ0n) is 30.3. The van der Waals surface area contributed by atoms with E-state index >= 15 is 0 Å². The first kappa shape index (κ1) is 31.5. The van der Waals surface area contributed by atoms with E-state index in [2.05, 4.69) is 187 Å².